The van der Waals surface area contributed by atoms with Crippen LogP contribution in [0, 0.1) is 0 Å². The number of aromatic nitrogens is 2. The molecule has 0 bridgehead atoms. The zero-order valence-electron chi connectivity index (χ0n) is 30.8. The fourth-order valence-corrected chi connectivity index (χ4v) is 8.59. The van der Waals surface area contributed by atoms with Gasteiger partial charge in [0.1, 0.15) is 24.4 Å². The van der Waals surface area contributed by atoms with Crippen molar-refractivity contribution in [1.29, 1.82) is 0 Å². The number of H-pyrrole nitrogens is 1. The smallest absolute Gasteiger partial charge is 0.259 e. The van der Waals surface area contributed by atoms with Gasteiger partial charge in [-0.15, -0.1) is 0 Å². The molecule has 10 heteroatoms. The molecule has 1 fully saturated rings. The fraction of sp³-hybridized carbons (Fsp3) is 0.191. The summed E-state index contributed by atoms with van der Waals surface area (Å²) in [6.45, 7) is 0.948. The summed E-state index contributed by atoms with van der Waals surface area (Å²) in [6, 6.07) is 45.0. The highest BCUT2D eigenvalue weighted by molar-refractivity contribution is 6.39. The highest BCUT2D eigenvalue weighted by atomic mass is 16.6. The largest absolute Gasteiger partial charge is 0.386 e. The Morgan fingerprint density at radius 2 is 1.16 bits per heavy atom. The molecular formula is C47H39N3O7. The number of hydrogen-bond acceptors (Lipinski definition) is 7. The molecule has 284 valence electrons. The van der Waals surface area contributed by atoms with Crippen molar-refractivity contribution in [3.8, 4) is 0 Å². The predicted octanol–water partition coefficient (Wildman–Crippen LogP) is 7.96. The minimum Gasteiger partial charge on any atom is -0.386 e. The van der Waals surface area contributed by atoms with E-state index < -0.39 is 42.5 Å². The van der Waals surface area contributed by atoms with Gasteiger partial charge >= 0.3 is 0 Å². The van der Waals surface area contributed by atoms with Gasteiger partial charge in [-0.25, -0.2) is 0 Å². The zero-order valence-corrected chi connectivity index (χ0v) is 30.8. The molecule has 6 aromatic carbocycles. The Morgan fingerprint density at radius 3 is 1.82 bits per heavy atom. The zero-order chi connectivity index (χ0) is 38.5. The number of hydrogen-bond donors (Lipinski definition) is 3. The van der Waals surface area contributed by atoms with Crippen LogP contribution in [-0.2, 0) is 38.8 Å². The summed E-state index contributed by atoms with van der Waals surface area (Å²) < 4.78 is 28.8. The number of benzene rings is 6. The molecule has 0 aliphatic carbocycles. The summed E-state index contributed by atoms with van der Waals surface area (Å²) in [5, 5.41) is 18.1. The minimum absolute atomic E-state index is 0.133. The van der Waals surface area contributed by atoms with Crippen LogP contribution in [0.1, 0.15) is 43.6 Å². The second kappa shape index (κ2) is 14.7. The second-order valence-corrected chi connectivity index (χ2v) is 14.6. The molecule has 0 unspecified atom stereocenters. The Bertz CT molecular complexity index is 2760. The van der Waals surface area contributed by atoms with Crippen molar-refractivity contribution in [3.05, 3.63) is 167 Å². The number of carbonyl (C=O) groups excluding carboxylic acids is 2. The van der Waals surface area contributed by atoms with E-state index in [0.29, 0.717) is 45.1 Å². The van der Waals surface area contributed by atoms with Crippen LogP contribution in [0.15, 0.2) is 140 Å². The lowest BCUT2D eigenvalue weighted by molar-refractivity contribution is -0.277. The maximum Gasteiger partial charge on any atom is 0.259 e. The molecule has 2 aromatic heterocycles. The van der Waals surface area contributed by atoms with Crippen molar-refractivity contribution < 1.29 is 33.6 Å². The average Bonchev–Trinajstić information content (AvgIpc) is 3.89. The Labute approximate surface area is 327 Å². The lowest BCUT2D eigenvalue weighted by atomic mass is 9.96. The van der Waals surface area contributed by atoms with Gasteiger partial charge in [-0.3, -0.25) is 14.9 Å². The first-order chi connectivity index (χ1) is 28.0. The lowest BCUT2D eigenvalue weighted by Crippen LogP contribution is -2.58. The fourth-order valence-electron chi connectivity index (χ4n) is 8.59. The van der Waals surface area contributed by atoms with E-state index in [0.717, 1.165) is 33.0 Å². The van der Waals surface area contributed by atoms with E-state index in [2.05, 4.69) is 10.3 Å². The number of para-hydroxylation sites is 2. The number of amides is 2. The van der Waals surface area contributed by atoms with Crippen LogP contribution in [0.25, 0.3) is 43.6 Å². The molecule has 2 aliphatic heterocycles. The van der Waals surface area contributed by atoms with Gasteiger partial charge in [0.2, 0.25) is 0 Å². The van der Waals surface area contributed by atoms with E-state index >= 15 is 0 Å². The van der Waals surface area contributed by atoms with Crippen molar-refractivity contribution in [1.82, 2.24) is 14.9 Å². The Hall–Kier alpha value is -6.14. The van der Waals surface area contributed by atoms with Crippen LogP contribution in [-0.4, -0.2) is 57.5 Å². The Morgan fingerprint density at radius 1 is 0.614 bits per heavy atom. The molecule has 1 saturated heterocycles. The van der Waals surface area contributed by atoms with Crippen molar-refractivity contribution in [2.45, 2.75) is 50.5 Å². The van der Waals surface area contributed by atoms with Gasteiger partial charge in [0.05, 0.1) is 54.1 Å². The van der Waals surface area contributed by atoms with E-state index in [-0.39, 0.29) is 19.8 Å². The van der Waals surface area contributed by atoms with Gasteiger partial charge in [-0.2, -0.15) is 0 Å². The van der Waals surface area contributed by atoms with E-state index in [1.807, 2.05) is 144 Å². The van der Waals surface area contributed by atoms with Gasteiger partial charge in [-0.05, 0) is 28.8 Å². The molecular weight excluding hydrogens is 719 g/mol. The van der Waals surface area contributed by atoms with Gasteiger partial charge in [-0.1, -0.05) is 127 Å². The molecule has 2 amide bonds. The summed E-state index contributed by atoms with van der Waals surface area (Å²) in [5.74, 6) is -0.910. The first-order valence-corrected chi connectivity index (χ1v) is 19.2. The first-order valence-electron chi connectivity index (χ1n) is 19.2. The summed E-state index contributed by atoms with van der Waals surface area (Å²) in [4.78, 5) is 31.0. The number of aliphatic hydroxyl groups is 1. The molecule has 2 aliphatic rings. The summed E-state index contributed by atoms with van der Waals surface area (Å²) in [5.41, 5.74) is 6.35. The van der Waals surface area contributed by atoms with Crippen molar-refractivity contribution in [2.24, 2.45) is 0 Å². The highest BCUT2D eigenvalue weighted by Crippen LogP contribution is 2.46. The number of nitrogens with zero attached hydrogens (tertiary/aromatic N) is 1. The third-order valence-corrected chi connectivity index (χ3v) is 11.1. The predicted molar refractivity (Wildman–Crippen MR) is 217 cm³/mol. The Kier molecular flexibility index (Phi) is 9.13. The number of aliphatic hydroxyl groups excluding tert-OH is 1. The molecule has 10 nitrogen and oxygen atoms in total. The van der Waals surface area contributed by atoms with Crippen molar-refractivity contribution in [3.63, 3.8) is 0 Å². The summed E-state index contributed by atoms with van der Waals surface area (Å²) in [7, 11) is 0. The molecule has 57 heavy (non-hydrogen) atoms. The van der Waals surface area contributed by atoms with Crippen LogP contribution in [0.3, 0.4) is 0 Å². The van der Waals surface area contributed by atoms with E-state index in [4.69, 9.17) is 18.9 Å². The third-order valence-electron chi connectivity index (χ3n) is 11.1. The number of imide groups is 1. The number of fused-ring (bicyclic) bond motifs is 10. The second-order valence-electron chi connectivity index (χ2n) is 14.6. The molecule has 0 saturated carbocycles. The third kappa shape index (κ3) is 6.19. The molecule has 8 aromatic rings. The van der Waals surface area contributed by atoms with E-state index in [1.54, 1.807) is 0 Å². The van der Waals surface area contributed by atoms with Crippen molar-refractivity contribution in [2.75, 3.05) is 6.61 Å². The number of rotatable bonds is 11. The SMILES string of the molecule is O=C1NC(=O)c2c1c1c3ccccc3[nH]c1c1c2c2ccccc2n1[C@@H]1O[C@H](COCc2ccccc2)[C@@H](OCc2ccccc2)[C@H](OCc2ccccc2)[C@H]1O. The summed E-state index contributed by atoms with van der Waals surface area (Å²) in [6.07, 6.45) is -4.64. The average molecular weight is 758 g/mol. The molecule has 4 heterocycles. The highest BCUT2D eigenvalue weighted by Gasteiger charge is 2.49. The lowest BCUT2D eigenvalue weighted by Gasteiger charge is -2.45. The van der Waals surface area contributed by atoms with E-state index in [1.165, 1.54) is 0 Å². The number of carbonyl (C=O) groups is 2. The maximum atomic E-state index is 13.8. The van der Waals surface area contributed by atoms with Crippen LogP contribution in [0.2, 0.25) is 0 Å². The summed E-state index contributed by atoms with van der Waals surface area (Å²) >= 11 is 0. The number of ether oxygens (including phenoxy) is 4. The van der Waals surface area contributed by atoms with Crippen LogP contribution < -0.4 is 5.32 Å². The first kappa shape index (κ1) is 35.3. The topological polar surface area (TPSA) is 124 Å². The normalized spacial score (nSPS) is 20.8. The van der Waals surface area contributed by atoms with E-state index in [9.17, 15) is 14.7 Å². The van der Waals surface area contributed by atoms with Gasteiger partial charge < -0.3 is 33.6 Å². The quantitative estimate of drug-likeness (QED) is 0.114. The molecule has 5 atom stereocenters. The molecule has 3 N–H and O–H groups in total. The molecule has 0 radical (unpaired) electrons. The Balaban J connectivity index is 1.15. The van der Waals surface area contributed by atoms with Gasteiger partial charge in [0, 0.05) is 27.1 Å². The minimum atomic E-state index is -1.26. The van der Waals surface area contributed by atoms with Crippen LogP contribution >= 0.6 is 0 Å². The van der Waals surface area contributed by atoms with Gasteiger partial charge in [0.15, 0.2) is 6.23 Å². The maximum absolute atomic E-state index is 13.8. The van der Waals surface area contributed by atoms with Crippen LogP contribution in [0.5, 0.6) is 0 Å². The molecule has 0 spiro atoms. The monoisotopic (exact) mass is 757 g/mol. The number of nitrogens with one attached hydrogen (secondary N) is 2. The standard InChI is InChI=1S/C47H39N3O7/c51-42-44(56-26-30-18-8-3-9-19-30)43(55-25-29-16-6-2-7-17-29)35(27-54-24-28-14-4-1-5-15-28)57-47(42)50-34-23-13-11-21-32(34)37-39-38(45(52)49-46(39)53)36-31-20-10-12-22-33(31)48-40(36)41(37)50/h1-23,35,42-44,47-48,51H,24-27H2,(H,49,52,53)/t35-,42-,43-,44-,47-/m1/s1. The molecule has 10 rings (SSSR count). The van der Waals surface area contributed by atoms with Crippen molar-refractivity contribution >= 4 is 55.4 Å². The van der Waals surface area contributed by atoms with Crippen LogP contribution in [0.4, 0.5) is 0 Å². The number of aromatic amines is 1. The van der Waals surface area contributed by atoms with Gasteiger partial charge in [0.25, 0.3) is 11.8 Å².